The molecule has 8 heteroatoms. The lowest BCUT2D eigenvalue weighted by Crippen LogP contribution is -2.16. The number of benzene rings is 1. The first-order valence-electron chi connectivity index (χ1n) is 9.46. The van der Waals surface area contributed by atoms with Gasteiger partial charge in [0.05, 0.1) is 16.5 Å². The minimum absolute atomic E-state index is 0.0825. The second-order valence-electron chi connectivity index (χ2n) is 6.99. The van der Waals surface area contributed by atoms with Crippen LogP contribution >= 0.6 is 11.8 Å². The summed E-state index contributed by atoms with van der Waals surface area (Å²) in [4.78, 5) is 28.0. The van der Waals surface area contributed by atoms with Crippen molar-refractivity contribution in [3.8, 4) is 11.4 Å². The number of hydrogen-bond donors (Lipinski definition) is 1. The molecular weight excluding hydrogens is 403 g/mol. The Balaban J connectivity index is 1.92. The first-order chi connectivity index (χ1) is 14.3. The lowest BCUT2D eigenvalue weighted by Gasteiger charge is -2.12. The molecule has 1 unspecified atom stereocenters. The van der Waals surface area contributed by atoms with Gasteiger partial charge in [-0.3, -0.25) is 14.2 Å². The van der Waals surface area contributed by atoms with E-state index >= 15 is 0 Å². The highest BCUT2D eigenvalue weighted by molar-refractivity contribution is 8.00. The third-order valence-electron chi connectivity index (χ3n) is 4.83. The molecular formula is C22H23FN4O2S. The fourth-order valence-corrected chi connectivity index (χ4v) is 4.37. The monoisotopic (exact) mass is 426 g/mol. The van der Waals surface area contributed by atoms with Crippen LogP contribution in [-0.2, 0) is 6.54 Å². The molecule has 0 amide bonds. The molecule has 0 fully saturated rings. The van der Waals surface area contributed by atoms with Crippen LogP contribution in [0.5, 0.6) is 0 Å². The third kappa shape index (κ3) is 4.00. The molecule has 0 aliphatic rings. The first-order valence-corrected chi connectivity index (χ1v) is 10.3. The van der Waals surface area contributed by atoms with Crippen LogP contribution in [0.3, 0.4) is 0 Å². The van der Waals surface area contributed by atoms with Gasteiger partial charge in [0.25, 0.3) is 0 Å². The molecule has 0 saturated heterocycles. The Hall–Kier alpha value is -3.00. The van der Waals surface area contributed by atoms with Crippen molar-refractivity contribution >= 4 is 23.3 Å². The Morgan fingerprint density at radius 3 is 2.60 bits per heavy atom. The number of nitrogens with one attached hydrogen (secondary N) is 1. The van der Waals surface area contributed by atoms with E-state index in [1.54, 1.807) is 49.6 Å². The summed E-state index contributed by atoms with van der Waals surface area (Å²) >= 11 is 1.23. The Morgan fingerprint density at radius 2 is 2.00 bits per heavy atom. The Kier molecular flexibility index (Phi) is 6.36. The third-order valence-corrected chi connectivity index (χ3v) is 5.91. The van der Waals surface area contributed by atoms with Gasteiger partial charge in [0.2, 0.25) is 0 Å². The van der Waals surface area contributed by atoms with Gasteiger partial charge in [-0.15, -0.1) is 16.8 Å². The van der Waals surface area contributed by atoms with Crippen LogP contribution in [0.4, 0.5) is 4.39 Å². The second kappa shape index (κ2) is 8.79. The normalized spacial score (nSPS) is 12.0. The average Bonchev–Trinajstić information content (AvgIpc) is 3.22. The molecule has 1 N–H and O–H groups in total. The zero-order valence-electron chi connectivity index (χ0n) is 17.3. The summed E-state index contributed by atoms with van der Waals surface area (Å²) in [6, 6.07) is 6.34. The number of allylic oxidation sites excluding steroid dienone is 1. The van der Waals surface area contributed by atoms with Crippen molar-refractivity contribution in [3.63, 3.8) is 0 Å². The van der Waals surface area contributed by atoms with Crippen LogP contribution in [0.25, 0.3) is 11.4 Å². The maximum absolute atomic E-state index is 14.3. The molecule has 156 valence electrons. The van der Waals surface area contributed by atoms with Gasteiger partial charge in [0.1, 0.15) is 5.82 Å². The first kappa shape index (κ1) is 21.7. The van der Waals surface area contributed by atoms with Crippen LogP contribution < -0.4 is 0 Å². The highest BCUT2D eigenvalue weighted by atomic mass is 32.2. The summed E-state index contributed by atoms with van der Waals surface area (Å²) in [7, 11) is 0. The number of aromatic nitrogens is 4. The summed E-state index contributed by atoms with van der Waals surface area (Å²) in [6.07, 6.45) is 1.67. The van der Waals surface area contributed by atoms with Crippen molar-refractivity contribution in [1.82, 2.24) is 19.7 Å². The molecule has 3 rings (SSSR count). The maximum Gasteiger partial charge on any atom is 0.192 e. The van der Waals surface area contributed by atoms with E-state index in [0.29, 0.717) is 45.6 Å². The van der Waals surface area contributed by atoms with Crippen molar-refractivity contribution in [2.24, 2.45) is 0 Å². The molecule has 0 bridgehead atoms. The van der Waals surface area contributed by atoms with E-state index in [1.165, 1.54) is 24.8 Å². The number of aryl methyl sites for hydroxylation is 1. The van der Waals surface area contributed by atoms with E-state index in [1.807, 2.05) is 0 Å². The number of halogens is 1. The van der Waals surface area contributed by atoms with Crippen LogP contribution in [0, 0.1) is 19.7 Å². The van der Waals surface area contributed by atoms with Crippen molar-refractivity contribution < 1.29 is 14.0 Å². The van der Waals surface area contributed by atoms with Gasteiger partial charge in [-0.25, -0.2) is 4.39 Å². The van der Waals surface area contributed by atoms with E-state index in [0.717, 1.165) is 0 Å². The van der Waals surface area contributed by atoms with Crippen LogP contribution in [0.1, 0.15) is 46.0 Å². The number of rotatable bonds is 8. The summed E-state index contributed by atoms with van der Waals surface area (Å²) in [5.74, 6) is -0.249. The fourth-order valence-electron chi connectivity index (χ4n) is 3.45. The van der Waals surface area contributed by atoms with Crippen molar-refractivity contribution in [2.45, 2.75) is 44.6 Å². The molecule has 30 heavy (non-hydrogen) atoms. The number of aromatic amines is 1. The molecule has 2 heterocycles. The number of carbonyl (C=O) groups is 2. The number of Topliss-reactive ketones (excluding diaryl/α,β-unsaturated/α-hetero) is 2. The number of hydrogen-bond acceptors (Lipinski definition) is 5. The summed E-state index contributed by atoms with van der Waals surface area (Å²) in [6.45, 7) is 10.9. The molecule has 1 atom stereocenters. The maximum atomic E-state index is 14.3. The summed E-state index contributed by atoms with van der Waals surface area (Å²) in [5, 5.41) is 8.33. The van der Waals surface area contributed by atoms with E-state index < -0.39 is 11.1 Å². The SMILES string of the molecule is C=CCn1c(SC(C)C(=O)c2[nH]c(C)c(C(C)=O)c2C)nnc1-c1ccccc1F. The van der Waals surface area contributed by atoms with Gasteiger partial charge >= 0.3 is 0 Å². The molecule has 0 aliphatic carbocycles. The standard InChI is InChI=1S/C22H23FN4O2S/c1-6-11-27-21(16-9-7-8-10-17(16)23)25-26-22(27)30-15(5)20(29)19-12(2)18(14(4)28)13(3)24-19/h6-10,15,24H,1,11H2,2-5H3. The van der Waals surface area contributed by atoms with E-state index in [-0.39, 0.29) is 11.6 Å². The second-order valence-corrected chi connectivity index (χ2v) is 8.30. The predicted octanol–water partition coefficient (Wildman–Crippen LogP) is 4.78. The zero-order valence-corrected chi connectivity index (χ0v) is 18.1. The minimum atomic E-state index is -0.497. The number of ketones is 2. The summed E-state index contributed by atoms with van der Waals surface area (Å²) in [5.41, 5.74) is 2.63. The average molecular weight is 427 g/mol. The van der Waals surface area contributed by atoms with Crippen molar-refractivity contribution in [2.75, 3.05) is 0 Å². The highest BCUT2D eigenvalue weighted by Gasteiger charge is 2.26. The summed E-state index contributed by atoms with van der Waals surface area (Å²) < 4.78 is 16.0. The molecule has 2 aromatic heterocycles. The Bertz CT molecular complexity index is 1130. The fraction of sp³-hybridized carbons (Fsp3) is 0.273. The Morgan fingerprint density at radius 1 is 1.30 bits per heavy atom. The topological polar surface area (TPSA) is 80.6 Å². The largest absolute Gasteiger partial charge is 0.355 e. The van der Waals surface area contributed by atoms with Gasteiger partial charge in [0, 0.05) is 17.8 Å². The number of nitrogens with zero attached hydrogens (tertiary/aromatic N) is 3. The van der Waals surface area contributed by atoms with Crippen molar-refractivity contribution in [3.05, 3.63) is 65.3 Å². The van der Waals surface area contributed by atoms with Crippen LogP contribution in [0.15, 0.2) is 42.1 Å². The van der Waals surface area contributed by atoms with Gasteiger partial charge in [-0.1, -0.05) is 30.0 Å². The number of carbonyl (C=O) groups excluding carboxylic acids is 2. The molecule has 0 spiro atoms. The number of H-pyrrole nitrogens is 1. The van der Waals surface area contributed by atoms with E-state index in [9.17, 15) is 14.0 Å². The van der Waals surface area contributed by atoms with Crippen molar-refractivity contribution in [1.29, 1.82) is 0 Å². The molecule has 3 aromatic rings. The quantitative estimate of drug-likeness (QED) is 0.318. The zero-order chi connectivity index (χ0) is 22.0. The van der Waals surface area contributed by atoms with Gasteiger partial charge in [-0.2, -0.15) is 0 Å². The predicted molar refractivity (Wildman–Crippen MR) is 116 cm³/mol. The highest BCUT2D eigenvalue weighted by Crippen LogP contribution is 2.30. The van der Waals surface area contributed by atoms with E-state index in [2.05, 4.69) is 21.8 Å². The molecule has 0 aliphatic heterocycles. The number of thioether (sulfide) groups is 1. The molecule has 0 radical (unpaired) electrons. The minimum Gasteiger partial charge on any atom is -0.355 e. The van der Waals surface area contributed by atoms with Gasteiger partial charge in [0.15, 0.2) is 22.5 Å². The van der Waals surface area contributed by atoms with Gasteiger partial charge in [-0.05, 0) is 45.4 Å². The van der Waals surface area contributed by atoms with E-state index in [4.69, 9.17) is 0 Å². The Labute approximate surface area is 178 Å². The molecule has 0 saturated carbocycles. The molecule has 6 nitrogen and oxygen atoms in total. The lowest BCUT2D eigenvalue weighted by atomic mass is 10.0. The smallest absolute Gasteiger partial charge is 0.192 e. The van der Waals surface area contributed by atoms with Crippen LogP contribution in [0.2, 0.25) is 0 Å². The molecule has 1 aromatic carbocycles. The lowest BCUT2D eigenvalue weighted by molar-refractivity contribution is 0.0988. The van der Waals surface area contributed by atoms with Crippen LogP contribution in [-0.4, -0.2) is 36.6 Å². The van der Waals surface area contributed by atoms with Gasteiger partial charge < -0.3 is 4.98 Å².